The van der Waals surface area contributed by atoms with Crippen LogP contribution in [0.2, 0.25) is 0 Å². The molecule has 0 aliphatic carbocycles. The molecule has 0 unspecified atom stereocenters. The summed E-state index contributed by atoms with van der Waals surface area (Å²) in [6, 6.07) is 5.99. The van der Waals surface area contributed by atoms with Gasteiger partial charge in [0.05, 0.1) is 17.3 Å². The molecule has 0 saturated carbocycles. The van der Waals surface area contributed by atoms with Crippen LogP contribution in [0.1, 0.15) is 27.7 Å². The Morgan fingerprint density at radius 2 is 2.11 bits per heavy atom. The minimum Gasteiger partial charge on any atom is -0.497 e. The number of fused-ring (bicyclic) bond motifs is 1. The molecule has 1 N–H and O–H groups in total. The molecule has 0 fully saturated rings. The topological polar surface area (TPSA) is 34.1 Å². The lowest BCUT2D eigenvalue weighted by atomic mass is 9.81. The van der Waals surface area contributed by atoms with Gasteiger partial charge in [-0.3, -0.25) is 0 Å². The molecule has 0 bridgehead atoms. The van der Waals surface area contributed by atoms with Crippen molar-refractivity contribution in [3.63, 3.8) is 0 Å². The van der Waals surface area contributed by atoms with E-state index in [-0.39, 0.29) is 5.41 Å². The van der Waals surface area contributed by atoms with Crippen LogP contribution in [0.3, 0.4) is 0 Å². The van der Waals surface area contributed by atoms with Crippen molar-refractivity contribution in [1.29, 1.82) is 0 Å². The SMILES string of the molecule is COc1ccc2nc(NCC(C)(C)C(C)C)sc2c1. The van der Waals surface area contributed by atoms with Crippen molar-refractivity contribution in [3.8, 4) is 5.75 Å². The third-order valence-corrected chi connectivity index (χ3v) is 4.83. The molecule has 0 aliphatic heterocycles. The van der Waals surface area contributed by atoms with Gasteiger partial charge in [-0.15, -0.1) is 0 Å². The predicted molar refractivity (Wildman–Crippen MR) is 83.3 cm³/mol. The minimum absolute atomic E-state index is 0.259. The highest BCUT2D eigenvalue weighted by molar-refractivity contribution is 7.22. The van der Waals surface area contributed by atoms with Crippen molar-refractivity contribution >= 4 is 26.7 Å². The Bertz CT molecular complexity index is 560. The molecule has 0 radical (unpaired) electrons. The van der Waals surface area contributed by atoms with Gasteiger partial charge in [0.1, 0.15) is 5.75 Å². The highest BCUT2D eigenvalue weighted by Crippen LogP contribution is 2.31. The van der Waals surface area contributed by atoms with Crippen molar-refractivity contribution in [1.82, 2.24) is 4.98 Å². The quantitative estimate of drug-likeness (QED) is 0.880. The second kappa shape index (κ2) is 5.37. The highest BCUT2D eigenvalue weighted by atomic mass is 32.1. The fourth-order valence-electron chi connectivity index (χ4n) is 1.62. The molecule has 4 heteroatoms. The van der Waals surface area contributed by atoms with Crippen molar-refractivity contribution < 1.29 is 4.74 Å². The van der Waals surface area contributed by atoms with E-state index in [0.29, 0.717) is 5.92 Å². The molecule has 1 heterocycles. The number of hydrogen-bond acceptors (Lipinski definition) is 4. The Morgan fingerprint density at radius 1 is 1.37 bits per heavy atom. The van der Waals surface area contributed by atoms with E-state index in [9.17, 15) is 0 Å². The zero-order valence-corrected chi connectivity index (χ0v) is 13.1. The lowest BCUT2D eigenvalue weighted by molar-refractivity contribution is 0.269. The van der Waals surface area contributed by atoms with Crippen molar-refractivity contribution in [2.75, 3.05) is 19.0 Å². The summed E-state index contributed by atoms with van der Waals surface area (Å²) in [7, 11) is 1.69. The lowest BCUT2D eigenvalue weighted by Gasteiger charge is -2.29. The van der Waals surface area contributed by atoms with Crippen LogP contribution in [0.25, 0.3) is 10.2 Å². The van der Waals surface area contributed by atoms with Crippen LogP contribution >= 0.6 is 11.3 Å². The summed E-state index contributed by atoms with van der Waals surface area (Å²) < 4.78 is 6.39. The average molecular weight is 278 g/mol. The number of anilines is 1. The van der Waals surface area contributed by atoms with Gasteiger partial charge in [0, 0.05) is 6.54 Å². The van der Waals surface area contributed by atoms with Crippen molar-refractivity contribution in [2.24, 2.45) is 11.3 Å². The molecule has 0 spiro atoms. The van der Waals surface area contributed by atoms with Gasteiger partial charge in [0.2, 0.25) is 0 Å². The number of ether oxygens (including phenoxy) is 1. The normalized spacial score (nSPS) is 12.1. The Kier molecular flexibility index (Phi) is 3.99. The maximum Gasteiger partial charge on any atom is 0.183 e. The first-order valence-electron chi connectivity index (χ1n) is 6.61. The van der Waals surface area contributed by atoms with E-state index in [1.807, 2.05) is 18.2 Å². The van der Waals surface area contributed by atoms with Gasteiger partial charge in [0.15, 0.2) is 5.13 Å². The number of hydrogen-bond donors (Lipinski definition) is 1. The molecule has 2 aromatic rings. The van der Waals surface area contributed by atoms with Crippen LogP contribution in [0, 0.1) is 11.3 Å². The zero-order chi connectivity index (χ0) is 14.0. The molecule has 3 nitrogen and oxygen atoms in total. The molecule has 104 valence electrons. The van der Waals surface area contributed by atoms with E-state index in [1.165, 1.54) is 0 Å². The maximum atomic E-state index is 5.24. The van der Waals surface area contributed by atoms with Crippen LogP contribution in [-0.2, 0) is 0 Å². The second-order valence-corrected chi connectivity index (χ2v) is 6.88. The highest BCUT2D eigenvalue weighted by Gasteiger charge is 2.22. The molecular formula is C15H22N2OS. The van der Waals surface area contributed by atoms with Crippen LogP contribution in [0.5, 0.6) is 5.75 Å². The van der Waals surface area contributed by atoms with Crippen LogP contribution < -0.4 is 10.1 Å². The molecular weight excluding hydrogens is 256 g/mol. The average Bonchev–Trinajstić information content (AvgIpc) is 2.77. The van der Waals surface area contributed by atoms with E-state index < -0.39 is 0 Å². The molecule has 0 amide bonds. The number of rotatable bonds is 5. The van der Waals surface area contributed by atoms with Gasteiger partial charge in [-0.1, -0.05) is 39.0 Å². The Morgan fingerprint density at radius 3 is 2.74 bits per heavy atom. The second-order valence-electron chi connectivity index (χ2n) is 5.85. The maximum absolute atomic E-state index is 5.24. The van der Waals surface area contributed by atoms with Gasteiger partial charge in [-0.25, -0.2) is 4.98 Å². The molecule has 0 aliphatic rings. The first-order chi connectivity index (χ1) is 8.92. The number of nitrogens with zero attached hydrogens (tertiary/aromatic N) is 1. The van der Waals surface area contributed by atoms with Crippen LogP contribution in [0.4, 0.5) is 5.13 Å². The van der Waals surface area contributed by atoms with E-state index >= 15 is 0 Å². The van der Waals surface area contributed by atoms with Crippen LogP contribution in [-0.4, -0.2) is 18.6 Å². The largest absolute Gasteiger partial charge is 0.497 e. The number of methoxy groups -OCH3 is 1. The zero-order valence-electron chi connectivity index (χ0n) is 12.3. The smallest absolute Gasteiger partial charge is 0.183 e. The number of benzene rings is 1. The van der Waals surface area contributed by atoms with E-state index in [2.05, 4.69) is 38.0 Å². The molecule has 1 aromatic carbocycles. The Hall–Kier alpha value is -1.29. The molecule has 19 heavy (non-hydrogen) atoms. The first-order valence-corrected chi connectivity index (χ1v) is 7.42. The number of nitrogens with one attached hydrogen (secondary N) is 1. The summed E-state index contributed by atoms with van der Waals surface area (Å²) in [6.07, 6.45) is 0. The van der Waals surface area contributed by atoms with Crippen LogP contribution in [0.15, 0.2) is 18.2 Å². The summed E-state index contributed by atoms with van der Waals surface area (Å²) in [5.41, 5.74) is 1.28. The van der Waals surface area contributed by atoms with Gasteiger partial charge < -0.3 is 10.1 Å². The first kappa shape index (κ1) is 14.1. The lowest BCUT2D eigenvalue weighted by Crippen LogP contribution is -2.28. The van der Waals surface area contributed by atoms with Gasteiger partial charge in [0.25, 0.3) is 0 Å². The fourth-order valence-corrected chi connectivity index (χ4v) is 2.51. The summed E-state index contributed by atoms with van der Waals surface area (Å²) in [4.78, 5) is 4.60. The van der Waals surface area contributed by atoms with Gasteiger partial charge in [-0.05, 0) is 29.5 Å². The molecule has 0 saturated heterocycles. The fraction of sp³-hybridized carbons (Fsp3) is 0.533. The number of aromatic nitrogens is 1. The van der Waals surface area contributed by atoms with Gasteiger partial charge in [-0.2, -0.15) is 0 Å². The van der Waals surface area contributed by atoms with Gasteiger partial charge >= 0.3 is 0 Å². The molecule has 0 atom stereocenters. The van der Waals surface area contributed by atoms with E-state index in [4.69, 9.17) is 4.74 Å². The Balaban J connectivity index is 2.14. The Labute approximate surface area is 119 Å². The standard InChI is InChI=1S/C15H22N2OS/c1-10(2)15(3,4)9-16-14-17-12-7-6-11(18-5)8-13(12)19-14/h6-8,10H,9H2,1-5H3,(H,16,17). The van der Waals surface area contributed by atoms with Crippen molar-refractivity contribution in [2.45, 2.75) is 27.7 Å². The molecule has 1 aromatic heterocycles. The summed E-state index contributed by atoms with van der Waals surface area (Å²) in [6.45, 7) is 10.00. The van der Waals surface area contributed by atoms with E-state index in [0.717, 1.165) is 27.6 Å². The number of thiazole rings is 1. The van der Waals surface area contributed by atoms with Crippen molar-refractivity contribution in [3.05, 3.63) is 18.2 Å². The monoisotopic (exact) mass is 278 g/mol. The van der Waals surface area contributed by atoms with E-state index in [1.54, 1.807) is 18.4 Å². The predicted octanol–water partition coefficient (Wildman–Crippen LogP) is 4.40. The summed E-state index contributed by atoms with van der Waals surface area (Å²) in [5, 5.41) is 4.44. The molecule has 2 rings (SSSR count). The summed E-state index contributed by atoms with van der Waals surface area (Å²) >= 11 is 1.68. The third kappa shape index (κ3) is 3.18. The third-order valence-electron chi connectivity index (χ3n) is 3.85. The minimum atomic E-state index is 0.259. The summed E-state index contributed by atoms with van der Waals surface area (Å²) in [5.74, 6) is 1.51.